The molecule has 2 aromatic carbocycles. The Kier molecular flexibility index (Phi) is 1.67. The van der Waals surface area contributed by atoms with Crippen LogP contribution in [0.25, 0.3) is 27.8 Å². The van der Waals surface area contributed by atoms with Gasteiger partial charge < -0.3 is 0 Å². The highest BCUT2D eigenvalue weighted by molar-refractivity contribution is 6.10. The third-order valence-electron chi connectivity index (χ3n) is 3.49. The summed E-state index contributed by atoms with van der Waals surface area (Å²) in [7, 11) is 0. The summed E-state index contributed by atoms with van der Waals surface area (Å²) in [5.74, 6) is 0. The molecule has 1 heterocycles. The Hall–Kier alpha value is -2.15. The van der Waals surface area contributed by atoms with Crippen molar-refractivity contribution in [2.24, 2.45) is 0 Å². The average Bonchev–Trinajstić information content (AvgIpc) is 2.39. The third kappa shape index (κ3) is 1.17. The van der Waals surface area contributed by atoms with Crippen LogP contribution in [0.5, 0.6) is 0 Å². The number of benzene rings is 2. The lowest BCUT2D eigenvalue weighted by molar-refractivity contribution is 1.26. The van der Waals surface area contributed by atoms with Gasteiger partial charge in [0, 0.05) is 17.0 Å². The van der Waals surface area contributed by atoms with Crippen LogP contribution in [0.2, 0.25) is 0 Å². The maximum atomic E-state index is 4.58. The first-order valence-corrected chi connectivity index (χ1v) is 5.89. The molecule has 17 heavy (non-hydrogen) atoms. The van der Waals surface area contributed by atoms with Crippen LogP contribution in [0.3, 0.4) is 0 Å². The largest absolute Gasteiger partial charge is 0.256 e. The Morgan fingerprint density at radius 3 is 3.00 bits per heavy atom. The smallest absolute Gasteiger partial charge is 0.0789 e. The van der Waals surface area contributed by atoms with Gasteiger partial charge in [0.05, 0.1) is 5.52 Å². The van der Waals surface area contributed by atoms with Gasteiger partial charge in [-0.25, -0.2) is 0 Å². The maximum Gasteiger partial charge on any atom is 0.0789 e. The van der Waals surface area contributed by atoms with Gasteiger partial charge in [-0.1, -0.05) is 36.4 Å². The minimum atomic E-state index is 1.02. The predicted octanol–water partition coefficient (Wildman–Crippen LogP) is 3.96. The number of aromatic nitrogens is 1. The fraction of sp³-hybridized carbons (Fsp3) is 0.0625. The van der Waals surface area contributed by atoms with E-state index in [1.165, 1.54) is 27.3 Å². The molecule has 0 aliphatic heterocycles. The molecule has 0 atom stereocenters. The average molecular weight is 217 g/mol. The van der Waals surface area contributed by atoms with Crippen LogP contribution in [0.15, 0.2) is 48.7 Å². The second-order valence-electron chi connectivity index (χ2n) is 4.49. The number of hydrogen-bond donors (Lipinski definition) is 0. The number of hydrogen-bond acceptors (Lipinski definition) is 1. The van der Waals surface area contributed by atoms with E-state index in [0.29, 0.717) is 0 Å². The van der Waals surface area contributed by atoms with Gasteiger partial charge >= 0.3 is 0 Å². The van der Waals surface area contributed by atoms with E-state index < -0.39 is 0 Å². The van der Waals surface area contributed by atoms with Crippen LogP contribution >= 0.6 is 0 Å². The second kappa shape index (κ2) is 3.17. The van der Waals surface area contributed by atoms with Crippen molar-refractivity contribution < 1.29 is 0 Å². The number of fused-ring (bicyclic) bond motifs is 2. The molecule has 0 spiro atoms. The molecule has 4 rings (SSSR count). The summed E-state index contributed by atoms with van der Waals surface area (Å²) < 4.78 is 0. The van der Waals surface area contributed by atoms with E-state index in [1.807, 2.05) is 6.20 Å². The van der Waals surface area contributed by atoms with Crippen molar-refractivity contribution in [3.63, 3.8) is 0 Å². The summed E-state index contributed by atoms with van der Waals surface area (Å²) in [6.07, 6.45) is 7.38. The number of pyridine rings is 1. The van der Waals surface area contributed by atoms with Gasteiger partial charge in [0.1, 0.15) is 0 Å². The Labute approximate surface area is 99.4 Å². The molecule has 0 bridgehead atoms. The lowest BCUT2D eigenvalue weighted by atomic mass is 9.92. The number of allylic oxidation sites excluding steroid dienone is 1. The fourth-order valence-corrected chi connectivity index (χ4v) is 2.72. The summed E-state index contributed by atoms with van der Waals surface area (Å²) in [6, 6.07) is 12.9. The monoisotopic (exact) mass is 217 g/mol. The molecule has 0 N–H and O–H groups in total. The van der Waals surface area contributed by atoms with Crippen LogP contribution in [0, 0.1) is 0 Å². The van der Waals surface area contributed by atoms with Gasteiger partial charge in [-0.2, -0.15) is 0 Å². The van der Waals surface area contributed by atoms with Crippen LogP contribution in [0.4, 0.5) is 0 Å². The van der Waals surface area contributed by atoms with Crippen molar-refractivity contribution in [3.8, 4) is 0 Å². The summed E-state index contributed by atoms with van der Waals surface area (Å²) in [5, 5.41) is 3.85. The zero-order valence-electron chi connectivity index (χ0n) is 9.35. The van der Waals surface area contributed by atoms with E-state index in [2.05, 4.69) is 53.5 Å². The van der Waals surface area contributed by atoms with Gasteiger partial charge in [0.2, 0.25) is 0 Å². The molecule has 1 aromatic heterocycles. The molecule has 0 saturated carbocycles. The Bertz CT molecular complexity index is 769. The second-order valence-corrected chi connectivity index (χ2v) is 4.49. The van der Waals surface area contributed by atoms with Crippen LogP contribution in [-0.4, -0.2) is 4.98 Å². The van der Waals surface area contributed by atoms with Crippen LogP contribution in [0.1, 0.15) is 11.1 Å². The van der Waals surface area contributed by atoms with Crippen molar-refractivity contribution in [1.82, 2.24) is 4.98 Å². The zero-order valence-corrected chi connectivity index (χ0v) is 9.35. The first-order chi connectivity index (χ1) is 8.43. The Balaban J connectivity index is 2.34. The van der Waals surface area contributed by atoms with Crippen LogP contribution < -0.4 is 0 Å². The van der Waals surface area contributed by atoms with E-state index in [0.717, 1.165) is 11.9 Å². The van der Waals surface area contributed by atoms with E-state index in [1.54, 1.807) is 0 Å². The predicted molar refractivity (Wildman–Crippen MR) is 72.0 cm³/mol. The number of nitrogens with zero attached hydrogens (tertiary/aromatic N) is 1. The molecule has 0 radical (unpaired) electrons. The Morgan fingerprint density at radius 2 is 2.00 bits per heavy atom. The van der Waals surface area contributed by atoms with Gasteiger partial charge in [-0.15, -0.1) is 0 Å². The van der Waals surface area contributed by atoms with Crippen molar-refractivity contribution in [1.29, 1.82) is 0 Å². The summed E-state index contributed by atoms with van der Waals surface area (Å²) >= 11 is 0. The molecular formula is C16H11N. The van der Waals surface area contributed by atoms with E-state index in [-0.39, 0.29) is 0 Å². The van der Waals surface area contributed by atoms with Crippen molar-refractivity contribution in [3.05, 3.63) is 59.8 Å². The zero-order chi connectivity index (χ0) is 11.2. The van der Waals surface area contributed by atoms with Gasteiger partial charge in [-0.05, 0) is 35.1 Å². The minimum Gasteiger partial charge on any atom is -0.256 e. The van der Waals surface area contributed by atoms with Gasteiger partial charge in [-0.3, -0.25) is 4.98 Å². The van der Waals surface area contributed by atoms with E-state index in [9.17, 15) is 0 Å². The third-order valence-corrected chi connectivity index (χ3v) is 3.49. The Morgan fingerprint density at radius 1 is 1.06 bits per heavy atom. The molecule has 0 saturated heterocycles. The first kappa shape index (κ1) is 8.94. The highest BCUT2D eigenvalue weighted by Gasteiger charge is 2.11. The molecule has 0 amide bonds. The lowest BCUT2D eigenvalue weighted by Crippen LogP contribution is -1.95. The van der Waals surface area contributed by atoms with Crippen molar-refractivity contribution >= 4 is 27.8 Å². The topological polar surface area (TPSA) is 12.9 Å². The number of rotatable bonds is 0. The van der Waals surface area contributed by atoms with Crippen molar-refractivity contribution in [2.45, 2.75) is 6.42 Å². The van der Waals surface area contributed by atoms with E-state index >= 15 is 0 Å². The normalized spacial score (nSPS) is 13.4. The maximum absolute atomic E-state index is 4.58. The molecule has 3 aromatic rings. The van der Waals surface area contributed by atoms with Gasteiger partial charge in [0.25, 0.3) is 0 Å². The molecule has 0 fully saturated rings. The lowest BCUT2D eigenvalue weighted by Gasteiger charge is -2.13. The molecule has 1 aliphatic carbocycles. The van der Waals surface area contributed by atoms with E-state index in [4.69, 9.17) is 0 Å². The highest BCUT2D eigenvalue weighted by atomic mass is 14.7. The fourth-order valence-electron chi connectivity index (χ4n) is 2.72. The summed E-state index contributed by atoms with van der Waals surface area (Å²) in [4.78, 5) is 4.58. The summed E-state index contributed by atoms with van der Waals surface area (Å²) in [5.41, 5.74) is 3.83. The molecular weight excluding hydrogens is 206 g/mol. The van der Waals surface area contributed by atoms with Gasteiger partial charge in [0.15, 0.2) is 0 Å². The van der Waals surface area contributed by atoms with Crippen molar-refractivity contribution in [2.75, 3.05) is 0 Å². The minimum absolute atomic E-state index is 1.02. The highest BCUT2D eigenvalue weighted by Crippen LogP contribution is 2.32. The standard InChI is InChI=1S/C16H11N/c1-2-7-14-12(4-1)10-13-6-3-5-11-8-9-17-16(14)15(11)13/h1-4,6-10H,5H2. The summed E-state index contributed by atoms with van der Waals surface area (Å²) in [6.45, 7) is 0. The molecule has 1 nitrogen and oxygen atoms in total. The van der Waals surface area contributed by atoms with Crippen LogP contribution in [-0.2, 0) is 6.42 Å². The molecule has 80 valence electrons. The molecule has 0 unspecified atom stereocenters. The first-order valence-electron chi connectivity index (χ1n) is 5.89. The molecule has 1 heteroatoms. The molecule has 1 aliphatic rings. The SMILES string of the molecule is C1=Cc2cc3ccccc3c3nccc(c23)C1. The quantitative estimate of drug-likeness (QED) is 0.519.